The van der Waals surface area contributed by atoms with Gasteiger partial charge in [0.25, 0.3) is 0 Å². The lowest BCUT2D eigenvalue weighted by molar-refractivity contribution is -0.134. The van der Waals surface area contributed by atoms with E-state index in [1.54, 1.807) is 9.80 Å². The van der Waals surface area contributed by atoms with Crippen LogP contribution in [0.3, 0.4) is 0 Å². The van der Waals surface area contributed by atoms with Gasteiger partial charge in [-0.2, -0.15) is 0 Å². The topological polar surface area (TPSA) is 69.7 Å². The normalized spacial score (nSPS) is 22.4. The Kier molecular flexibility index (Phi) is 6.77. The Bertz CT molecular complexity index is 816. The number of hydrogen-bond donors (Lipinski definition) is 1. The quantitative estimate of drug-likeness (QED) is 0.700. The number of amides is 3. The first-order chi connectivity index (χ1) is 13.8. The zero-order chi connectivity index (χ0) is 21.1. The van der Waals surface area contributed by atoms with E-state index in [9.17, 15) is 14.4 Å². The maximum absolute atomic E-state index is 13.2. The molecule has 29 heavy (non-hydrogen) atoms. The van der Waals surface area contributed by atoms with E-state index in [0.29, 0.717) is 26.1 Å². The molecule has 2 atom stereocenters. The van der Waals surface area contributed by atoms with Crippen LogP contribution in [-0.4, -0.2) is 48.3 Å². The third-order valence-electron chi connectivity index (χ3n) is 5.76. The fourth-order valence-corrected chi connectivity index (χ4v) is 5.06. The van der Waals surface area contributed by atoms with E-state index in [1.807, 2.05) is 26.0 Å². The van der Waals surface area contributed by atoms with Crippen molar-refractivity contribution < 1.29 is 14.4 Å². The van der Waals surface area contributed by atoms with Crippen LogP contribution in [0.2, 0.25) is 0 Å². The van der Waals surface area contributed by atoms with Crippen LogP contribution < -0.4 is 10.2 Å². The maximum Gasteiger partial charge on any atom is 0.249 e. The molecule has 7 heteroatoms. The molecule has 0 aliphatic carbocycles. The van der Waals surface area contributed by atoms with E-state index in [2.05, 4.69) is 27.8 Å². The van der Waals surface area contributed by atoms with Crippen LogP contribution >= 0.6 is 15.9 Å². The Labute approximate surface area is 180 Å². The predicted molar refractivity (Wildman–Crippen MR) is 117 cm³/mol. The Balaban J connectivity index is 1.70. The molecule has 1 aromatic carbocycles. The fraction of sp³-hybridized carbons (Fsp3) is 0.500. The molecule has 156 valence electrons. The largest absolute Gasteiger partial charge is 0.344 e. The molecule has 2 aliphatic rings. The first-order valence-corrected chi connectivity index (χ1v) is 10.9. The SMILES string of the molecule is C=CC(=O)N1CCCC(C(=O)NC2CCCN(c3c(C)cc(Br)cc3C)C2=O)C1. The second-order valence-electron chi connectivity index (χ2n) is 7.91. The first kappa shape index (κ1) is 21.6. The predicted octanol–water partition coefficient (Wildman–Crippen LogP) is 3.10. The highest BCUT2D eigenvalue weighted by Crippen LogP contribution is 2.31. The molecule has 0 saturated carbocycles. The maximum atomic E-state index is 13.2. The smallest absolute Gasteiger partial charge is 0.249 e. The van der Waals surface area contributed by atoms with E-state index >= 15 is 0 Å². The van der Waals surface area contributed by atoms with Crippen LogP contribution in [-0.2, 0) is 14.4 Å². The second kappa shape index (κ2) is 9.11. The number of hydrogen-bond acceptors (Lipinski definition) is 3. The van der Waals surface area contributed by atoms with E-state index in [1.165, 1.54) is 6.08 Å². The summed E-state index contributed by atoms with van der Waals surface area (Å²) in [5, 5.41) is 2.96. The van der Waals surface area contributed by atoms with Crippen LogP contribution in [0, 0.1) is 19.8 Å². The molecule has 1 N–H and O–H groups in total. The molecule has 3 rings (SSSR count). The number of aryl methyl sites for hydroxylation is 2. The summed E-state index contributed by atoms with van der Waals surface area (Å²) in [5.74, 6) is -0.639. The van der Waals surface area contributed by atoms with Crippen molar-refractivity contribution in [3.05, 3.63) is 40.4 Å². The summed E-state index contributed by atoms with van der Waals surface area (Å²) in [6.07, 6.45) is 4.25. The summed E-state index contributed by atoms with van der Waals surface area (Å²) in [6, 6.07) is 3.49. The first-order valence-electron chi connectivity index (χ1n) is 10.1. The van der Waals surface area contributed by atoms with E-state index in [0.717, 1.165) is 40.5 Å². The van der Waals surface area contributed by atoms with Crippen LogP contribution in [0.15, 0.2) is 29.3 Å². The van der Waals surface area contributed by atoms with Gasteiger partial charge in [-0.05, 0) is 68.9 Å². The summed E-state index contributed by atoms with van der Waals surface area (Å²) >= 11 is 3.50. The molecule has 2 heterocycles. The molecule has 2 unspecified atom stereocenters. The summed E-state index contributed by atoms with van der Waals surface area (Å²) in [6.45, 7) is 9.19. The Hall–Kier alpha value is -2.15. The third kappa shape index (κ3) is 4.71. The highest BCUT2D eigenvalue weighted by molar-refractivity contribution is 9.10. The number of piperidine rings is 2. The van der Waals surface area contributed by atoms with Crippen molar-refractivity contribution in [2.45, 2.75) is 45.6 Å². The van der Waals surface area contributed by atoms with E-state index in [-0.39, 0.29) is 23.6 Å². The zero-order valence-corrected chi connectivity index (χ0v) is 18.6. The molecule has 1 aromatic rings. The molecule has 2 saturated heterocycles. The number of carbonyl (C=O) groups excluding carboxylic acids is 3. The van der Waals surface area contributed by atoms with Gasteiger partial charge in [0.2, 0.25) is 17.7 Å². The molecule has 6 nitrogen and oxygen atoms in total. The molecule has 2 aliphatic heterocycles. The van der Waals surface area contributed by atoms with Gasteiger partial charge < -0.3 is 15.1 Å². The minimum atomic E-state index is -0.524. The van der Waals surface area contributed by atoms with Crippen molar-refractivity contribution >= 4 is 39.3 Å². The summed E-state index contributed by atoms with van der Waals surface area (Å²) in [5.41, 5.74) is 2.99. The molecular weight excluding hydrogens is 434 g/mol. The van der Waals surface area contributed by atoms with Gasteiger partial charge in [-0.15, -0.1) is 0 Å². The monoisotopic (exact) mass is 461 g/mol. The van der Waals surface area contributed by atoms with Gasteiger partial charge in [-0.3, -0.25) is 14.4 Å². The van der Waals surface area contributed by atoms with Gasteiger partial charge in [0.15, 0.2) is 0 Å². The third-order valence-corrected chi connectivity index (χ3v) is 6.22. The van der Waals surface area contributed by atoms with Crippen molar-refractivity contribution in [2.24, 2.45) is 5.92 Å². The van der Waals surface area contributed by atoms with Gasteiger partial charge >= 0.3 is 0 Å². The number of halogens is 1. The average molecular weight is 462 g/mol. The van der Waals surface area contributed by atoms with Crippen molar-refractivity contribution in [2.75, 3.05) is 24.5 Å². The average Bonchev–Trinajstić information content (AvgIpc) is 2.69. The van der Waals surface area contributed by atoms with Crippen LogP contribution in [0.1, 0.15) is 36.8 Å². The van der Waals surface area contributed by atoms with Gasteiger partial charge in [-0.25, -0.2) is 0 Å². The Morgan fingerprint density at radius 2 is 1.83 bits per heavy atom. The molecule has 0 spiro atoms. The molecule has 0 aromatic heterocycles. The second-order valence-corrected chi connectivity index (χ2v) is 8.82. The number of nitrogens with one attached hydrogen (secondary N) is 1. The lowest BCUT2D eigenvalue weighted by atomic mass is 9.95. The number of nitrogens with zero attached hydrogens (tertiary/aromatic N) is 2. The minimum Gasteiger partial charge on any atom is -0.344 e. The number of likely N-dealkylation sites (tertiary alicyclic amines) is 1. The lowest BCUT2D eigenvalue weighted by Crippen LogP contribution is -2.55. The lowest BCUT2D eigenvalue weighted by Gasteiger charge is -2.36. The number of carbonyl (C=O) groups is 3. The fourth-order valence-electron chi connectivity index (χ4n) is 4.37. The Morgan fingerprint density at radius 1 is 1.17 bits per heavy atom. The zero-order valence-electron chi connectivity index (χ0n) is 17.0. The molecule has 2 fully saturated rings. The summed E-state index contributed by atoms with van der Waals surface area (Å²) < 4.78 is 0.987. The van der Waals surface area contributed by atoms with Crippen molar-refractivity contribution in [3.63, 3.8) is 0 Å². The van der Waals surface area contributed by atoms with Gasteiger partial charge in [0.05, 0.1) is 5.92 Å². The van der Waals surface area contributed by atoms with Crippen LogP contribution in [0.4, 0.5) is 5.69 Å². The van der Waals surface area contributed by atoms with Crippen molar-refractivity contribution in [3.8, 4) is 0 Å². The summed E-state index contributed by atoms with van der Waals surface area (Å²) in [4.78, 5) is 41.4. The van der Waals surface area contributed by atoms with Crippen molar-refractivity contribution in [1.82, 2.24) is 10.2 Å². The standard InChI is InChI=1S/C22H28BrN3O3/c1-4-19(27)25-9-5-7-16(13-25)21(28)24-18-8-6-10-26(22(18)29)20-14(2)11-17(23)12-15(20)3/h4,11-12,16,18H,1,5-10,13H2,2-3H3,(H,24,28). The molecule has 3 amide bonds. The highest BCUT2D eigenvalue weighted by atomic mass is 79.9. The molecule has 0 radical (unpaired) electrons. The van der Waals surface area contributed by atoms with Crippen LogP contribution in [0.5, 0.6) is 0 Å². The number of anilines is 1. The Morgan fingerprint density at radius 3 is 2.48 bits per heavy atom. The van der Waals surface area contributed by atoms with Gasteiger partial charge in [0, 0.05) is 29.8 Å². The highest BCUT2D eigenvalue weighted by Gasteiger charge is 2.35. The van der Waals surface area contributed by atoms with E-state index < -0.39 is 6.04 Å². The van der Waals surface area contributed by atoms with Gasteiger partial charge in [-0.1, -0.05) is 22.5 Å². The van der Waals surface area contributed by atoms with Crippen molar-refractivity contribution in [1.29, 1.82) is 0 Å². The van der Waals surface area contributed by atoms with E-state index in [4.69, 9.17) is 0 Å². The number of benzene rings is 1. The van der Waals surface area contributed by atoms with Crippen LogP contribution in [0.25, 0.3) is 0 Å². The number of rotatable bonds is 4. The molecular formula is C22H28BrN3O3. The minimum absolute atomic E-state index is 0.0621. The summed E-state index contributed by atoms with van der Waals surface area (Å²) in [7, 11) is 0. The van der Waals surface area contributed by atoms with Gasteiger partial charge in [0.1, 0.15) is 6.04 Å². The molecule has 0 bridgehead atoms.